The molecule has 0 fully saturated rings. The highest BCUT2D eigenvalue weighted by atomic mass is 15.2. The highest BCUT2D eigenvalue weighted by molar-refractivity contribution is 7.13. The third-order valence-corrected chi connectivity index (χ3v) is 8.79. The number of hydrogen-bond acceptors (Lipinski definition) is 2. The summed E-state index contributed by atoms with van der Waals surface area (Å²) in [6.07, 6.45) is 8.28. The van der Waals surface area contributed by atoms with Crippen LogP contribution in [0.1, 0.15) is 6.92 Å². The summed E-state index contributed by atoms with van der Waals surface area (Å²) in [4.78, 5) is 4.88. The van der Waals surface area contributed by atoms with Gasteiger partial charge >= 0.3 is 0 Å². The van der Waals surface area contributed by atoms with E-state index in [9.17, 15) is 0 Å². The number of anilines is 5. The van der Waals surface area contributed by atoms with Crippen LogP contribution >= 0.6 is 0 Å². The van der Waals surface area contributed by atoms with Gasteiger partial charge < -0.3 is 9.80 Å². The predicted molar refractivity (Wildman–Crippen MR) is 179 cm³/mol. The Balaban J connectivity index is 1.47. The monoisotopic (exact) mass is 522 g/mol. The average Bonchev–Trinajstić information content (AvgIpc) is 3.02. The van der Waals surface area contributed by atoms with Gasteiger partial charge in [-0.05, 0) is 77.3 Å². The lowest BCUT2D eigenvalue weighted by atomic mass is 9.19. The van der Waals surface area contributed by atoms with Crippen LogP contribution in [0.4, 0.5) is 28.4 Å². The lowest BCUT2D eigenvalue weighted by molar-refractivity contribution is 1.21. The Kier molecular flexibility index (Phi) is 5.43. The standard InChI is InChI=1S/C37H28B2N2/c1-3-14-26(15-4-2)40-32-22-10-8-18-28(32)38-31-21-13-25-35-37(31)39(30-20-12-24-34(40)36(30)38)29-19-9-11-23-33(29)41(35)27-16-6-5-7-17-27/h3-25H,1H2,2H3/b15-4-,26-14+. The number of hydrogen-bond donors (Lipinski definition) is 0. The zero-order valence-electron chi connectivity index (χ0n) is 23.0. The maximum atomic E-state index is 4.04. The molecule has 0 amide bonds. The van der Waals surface area contributed by atoms with Crippen LogP contribution in [0.25, 0.3) is 0 Å². The van der Waals surface area contributed by atoms with Crippen LogP contribution < -0.4 is 42.6 Å². The Bertz CT molecular complexity index is 1910. The molecule has 0 saturated carbocycles. The smallest absolute Gasteiger partial charge is 0.245 e. The Morgan fingerprint density at radius 2 is 1.12 bits per heavy atom. The van der Waals surface area contributed by atoms with E-state index in [-0.39, 0.29) is 13.4 Å². The average molecular weight is 522 g/mol. The van der Waals surface area contributed by atoms with Crippen LogP contribution in [-0.2, 0) is 0 Å². The van der Waals surface area contributed by atoms with Crippen molar-refractivity contribution in [3.05, 3.63) is 152 Å². The minimum atomic E-state index is 0.151. The van der Waals surface area contributed by atoms with Gasteiger partial charge in [-0.2, -0.15) is 0 Å². The van der Waals surface area contributed by atoms with Gasteiger partial charge in [0.05, 0.1) is 0 Å². The first kappa shape index (κ1) is 23.9. The molecule has 0 radical (unpaired) electrons. The molecule has 192 valence electrons. The molecular weight excluding hydrogens is 494 g/mol. The van der Waals surface area contributed by atoms with Gasteiger partial charge in [0.25, 0.3) is 0 Å². The number of allylic oxidation sites excluding steroid dienone is 4. The van der Waals surface area contributed by atoms with Crippen LogP contribution in [0, 0.1) is 0 Å². The van der Waals surface area contributed by atoms with Crippen molar-refractivity contribution in [1.29, 1.82) is 0 Å². The largest absolute Gasteiger partial charge is 0.312 e. The second-order valence-corrected chi connectivity index (χ2v) is 10.9. The molecule has 5 aromatic carbocycles. The van der Waals surface area contributed by atoms with Crippen molar-refractivity contribution in [3.8, 4) is 0 Å². The van der Waals surface area contributed by atoms with Gasteiger partial charge in [0.2, 0.25) is 13.4 Å². The number of benzene rings is 5. The van der Waals surface area contributed by atoms with Gasteiger partial charge in [-0.25, -0.2) is 0 Å². The molecule has 0 N–H and O–H groups in total. The molecule has 41 heavy (non-hydrogen) atoms. The van der Waals surface area contributed by atoms with Crippen LogP contribution in [0.2, 0.25) is 0 Å². The first-order chi connectivity index (χ1) is 20.3. The fourth-order valence-electron chi connectivity index (χ4n) is 7.38. The summed E-state index contributed by atoms with van der Waals surface area (Å²) in [6.45, 7) is 6.42. The summed E-state index contributed by atoms with van der Waals surface area (Å²) >= 11 is 0. The molecule has 4 heteroatoms. The van der Waals surface area contributed by atoms with Gasteiger partial charge in [0.1, 0.15) is 0 Å². The van der Waals surface area contributed by atoms with Crippen molar-refractivity contribution >= 4 is 74.6 Å². The molecule has 0 spiro atoms. The molecule has 3 aliphatic rings. The fourth-order valence-corrected chi connectivity index (χ4v) is 7.38. The molecule has 0 aromatic heterocycles. The normalized spacial score (nSPS) is 14.4. The molecule has 0 aliphatic carbocycles. The summed E-state index contributed by atoms with van der Waals surface area (Å²) in [5.41, 5.74) is 15.6. The quantitative estimate of drug-likeness (QED) is 0.240. The Labute approximate surface area is 242 Å². The van der Waals surface area contributed by atoms with E-state index in [4.69, 9.17) is 0 Å². The summed E-state index contributed by atoms with van der Waals surface area (Å²) < 4.78 is 0. The van der Waals surface area contributed by atoms with Gasteiger partial charge in [0.15, 0.2) is 0 Å². The summed E-state index contributed by atoms with van der Waals surface area (Å²) in [5.74, 6) is 0. The molecule has 0 atom stereocenters. The summed E-state index contributed by atoms with van der Waals surface area (Å²) in [6, 6.07) is 42.5. The third kappa shape index (κ3) is 3.34. The molecular formula is C37H28B2N2. The van der Waals surface area contributed by atoms with Gasteiger partial charge in [0, 0.05) is 34.1 Å². The molecule has 3 heterocycles. The Hall–Kier alpha value is -4.95. The number of para-hydroxylation sites is 3. The van der Waals surface area contributed by atoms with E-state index < -0.39 is 0 Å². The Morgan fingerprint density at radius 1 is 0.585 bits per heavy atom. The van der Waals surface area contributed by atoms with Crippen molar-refractivity contribution in [3.63, 3.8) is 0 Å². The molecule has 2 nitrogen and oxygen atoms in total. The number of nitrogens with zero attached hydrogens (tertiary/aromatic N) is 2. The fraction of sp³-hybridized carbons (Fsp3) is 0.0270. The van der Waals surface area contributed by atoms with Gasteiger partial charge in [-0.3, -0.25) is 0 Å². The van der Waals surface area contributed by atoms with Crippen LogP contribution in [-0.4, -0.2) is 13.4 Å². The second kappa shape index (κ2) is 9.31. The highest BCUT2D eigenvalue weighted by Gasteiger charge is 2.48. The van der Waals surface area contributed by atoms with E-state index in [1.54, 1.807) is 0 Å². The Morgan fingerprint density at radius 3 is 1.80 bits per heavy atom. The van der Waals surface area contributed by atoms with E-state index in [1.165, 1.54) is 61.2 Å². The zero-order chi connectivity index (χ0) is 27.5. The van der Waals surface area contributed by atoms with Gasteiger partial charge in [-0.15, -0.1) is 0 Å². The second-order valence-electron chi connectivity index (χ2n) is 10.9. The van der Waals surface area contributed by atoms with Crippen molar-refractivity contribution in [2.75, 3.05) is 9.80 Å². The van der Waals surface area contributed by atoms with Crippen molar-refractivity contribution in [2.45, 2.75) is 6.92 Å². The molecule has 0 bridgehead atoms. The predicted octanol–water partition coefficient (Wildman–Crippen LogP) is 4.91. The van der Waals surface area contributed by atoms with Crippen LogP contribution in [0.3, 0.4) is 0 Å². The minimum absolute atomic E-state index is 0.151. The summed E-state index contributed by atoms with van der Waals surface area (Å²) in [7, 11) is 0. The molecule has 0 unspecified atom stereocenters. The van der Waals surface area contributed by atoms with Crippen LogP contribution in [0.5, 0.6) is 0 Å². The lowest BCUT2D eigenvalue weighted by Gasteiger charge is -2.46. The minimum Gasteiger partial charge on any atom is -0.312 e. The van der Waals surface area contributed by atoms with E-state index >= 15 is 0 Å². The summed E-state index contributed by atoms with van der Waals surface area (Å²) in [5, 5.41) is 0. The maximum Gasteiger partial charge on any atom is 0.245 e. The van der Waals surface area contributed by atoms with E-state index in [1.807, 2.05) is 6.08 Å². The topological polar surface area (TPSA) is 6.48 Å². The first-order valence-corrected chi connectivity index (χ1v) is 14.4. The van der Waals surface area contributed by atoms with Gasteiger partial charge in [-0.1, -0.05) is 109 Å². The highest BCUT2D eigenvalue weighted by Crippen LogP contribution is 2.38. The van der Waals surface area contributed by atoms with Crippen molar-refractivity contribution in [2.24, 2.45) is 0 Å². The third-order valence-electron chi connectivity index (χ3n) is 8.79. The van der Waals surface area contributed by atoms with E-state index in [0.29, 0.717) is 0 Å². The van der Waals surface area contributed by atoms with Crippen LogP contribution in [0.15, 0.2) is 152 Å². The number of fused-ring (bicyclic) bond motifs is 6. The molecule has 3 aliphatic heterocycles. The van der Waals surface area contributed by atoms with Crippen molar-refractivity contribution < 1.29 is 0 Å². The van der Waals surface area contributed by atoms with Crippen molar-refractivity contribution in [1.82, 2.24) is 0 Å². The first-order valence-electron chi connectivity index (χ1n) is 14.4. The molecule has 8 rings (SSSR count). The maximum absolute atomic E-state index is 4.04. The SMILES string of the molecule is C=C/C=C(\C=C/C)N1c2ccccc2B2c3cccc4c3B(c3ccccc3N4c3ccccc3)c3cccc1c32. The molecule has 5 aromatic rings. The molecule has 0 saturated heterocycles. The van der Waals surface area contributed by atoms with E-state index in [2.05, 4.69) is 157 Å². The van der Waals surface area contributed by atoms with E-state index in [0.717, 1.165) is 5.70 Å². The lowest BCUT2D eigenvalue weighted by Crippen LogP contribution is -2.78. The zero-order valence-corrected chi connectivity index (χ0v) is 23.0. The number of rotatable bonds is 4.